The van der Waals surface area contributed by atoms with Gasteiger partial charge in [0.1, 0.15) is 5.75 Å². The molecule has 1 saturated carbocycles. The van der Waals surface area contributed by atoms with Gasteiger partial charge in [0.25, 0.3) is 0 Å². The Morgan fingerprint density at radius 1 is 0.794 bits per heavy atom. The molecular formula is C29H39F3OSi. The van der Waals surface area contributed by atoms with Crippen LogP contribution in [0.5, 0.6) is 5.75 Å². The lowest BCUT2D eigenvalue weighted by atomic mass is 9.76. The van der Waals surface area contributed by atoms with Crippen LogP contribution < -0.4 is 9.92 Å². The predicted molar refractivity (Wildman–Crippen MR) is 136 cm³/mol. The van der Waals surface area contributed by atoms with Gasteiger partial charge in [0.05, 0.1) is 8.07 Å². The second kappa shape index (κ2) is 11.3. The van der Waals surface area contributed by atoms with Crippen LogP contribution in [0.3, 0.4) is 0 Å². The molecule has 1 heterocycles. The first-order valence-corrected chi connectivity index (χ1v) is 15.9. The van der Waals surface area contributed by atoms with E-state index < -0.39 is 14.4 Å². The van der Waals surface area contributed by atoms with Gasteiger partial charge in [-0.3, -0.25) is 0 Å². The van der Waals surface area contributed by atoms with E-state index in [0.29, 0.717) is 5.92 Å². The molecule has 2 aromatic carbocycles. The molecule has 0 atom stereocenters. The molecule has 0 spiro atoms. The van der Waals surface area contributed by atoms with E-state index >= 15 is 0 Å². The summed E-state index contributed by atoms with van der Waals surface area (Å²) in [6.45, 7) is 2.35. The highest BCUT2D eigenvalue weighted by Gasteiger charge is 2.38. The van der Waals surface area contributed by atoms with Gasteiger partial charge in [-0.25, -0.2) is 0 Å². The van der Waals surface area contributed by atoms with Crippen LogP contribution in [-0.4, -0.2) is 14.4 Å². The molecule has 1 nitrogen and oxygen atoms in total. The van der Waals surface area contributed by atoms with Crippen LogP contribution in [-0.2, 0) is 0 Å². The van der Waals surface area contributed by atoms with Gasteiger partial charge in [-0.1, -0.05) is 105 Å². The molecule has 186 valence electrons. The summed E-state index contributed by atoms with van der Waals surface area (Å²) in [6, 6.07) is 22.3. The first-order valence-electron chi connectivity index (χ1n) is 13.3. The fourth-order valence-electron chi connectivity index (χ4n) is 6.67. The maximum absolute atomic E-state index is 12.4. The number of rotatable bonds is 8. The Labute approximate surface area is 204 Å². The fraction of sp³-hybridized carbons (Fsp3) is 0.586. The van der Waals surface area contributed by atoms with Crippen molar-refractivity contribution in [3.63, 3.8) is 0 Å². The molecule has 34 heavy (non-hydrogen) atoms. The first kappa shape index (κ1) is 25.3. The molecule has 0 N–H and O–H groups in total. The normalized spacial score (nSPS) is 27.9. The van der Waals surface area contributed by atoms with E-state index in [2.05, 4.69) is 42.0 Å². The van der Waals surface area contributed by atoms with E-state index in [1.807, 2.05) is 12.1 Å². The van der Waals surface area contributed by atoms with Crippen molar-refractivity contribution in [2.75, 3.05) is 0 Å². The van der Waals surface area contributed by atoms with Gasteiger partial charge < -0.3 is 4.74 Å². The van der Waals surface area contributed by atoms with Gasteiger partial charge in [0, 0.05) is 0 Å². The van der Waals surface area contributed by atoms with Crippen LogP contribution in [0.2, 0.25) is 18.1 Å². The average Bonchev–Trinajstić information content (AvgIpc) is 2.84. The van der Waals surface area contributed by atoms with Crippen molar-refractivity contribution in [1.82, 2.24) is 0 Å². The summed E-state index contributed by atoms with van der Waals surface area (Å²) in [5.41, 5.74) is 1.15. The Hall–Kier alpha value is -1.75. The Morgan fingerprint density at radius 3 is 1.94 bits per heavy atom. The summed E-state index contributed by atoms with van der Waals surface area (Å²) in [4.78, 5) is 0. The number of hydrogen-bond donors (Lipinski definition) is 0. The number of hydrogen-bond acceptors (Lipinski definition) is 1. The minimum absolute atomic E-state index is 0.129. The smallest absolute Gasteiger partial charge is 0.406 e. The molecule has 1 aliphatic carbocycles. The highest BCUT2D eigenvalue weighted by atomic mass is 28.3. The molecule has 1 aliphatic heterocycles. The number of alkyl halides is 3. The molecule has 0 aromatic heterocycles. The SMILES string of the molecule is CCC[Si]1(c2ccccc2)CCC(CCC2CCC(c3ccc(OC(F)(F)F)cc3)CC2)CC1. The second-order valence-electron chi connectivity index (χ2n) is 10.8. The largest absolute Gasteiger partial charge is 0.573 e. The Morgan fingerprint density at radius 2 is 1.38 bits per heavy atom. The highest BCUT2D eigenvalue weighted by molar-refractivity contribution is 6.92. The van der Waals surface area contributed by atoms with Crippen LogP contribution in [0.25, 0.3) is 0 Å². The standard InChI is InChI=1S/C29H39F3OSi/c1-2-20-34(28-6-4-3-5-7-28)21-18-24(19-22-34)9-8-23-10-12-25(13-11-23)26-14-16-27(17-15-26)33-29(30,31)32/h3-7,14-17,23-25H,2,8-13,18-22H2,1H3. The molecule has 4 rings (SSSR count). The Balaban J connectivity index is 1.21. The fourth-order valence-corrected chi connectivity index (χ4v) is 12.1. The highest BCUT2D eigenvalue weighted by Crippen LogP contribution is 2.42. The van der Waals surface area contributed by atoms with Gasteiger partial charge in [-0.15, -0.1) is 13.2 Å². The van der Waals surface area contributed by atoms with Gasteiger partial charge in [-0.2, -0.15) is 0 Å². The number of ether oxygens (including phenoxy) is 1. The van der Waals surface area contributed by atoms with E-state index in [1.165, 1.54) is 75.2 Å². The molecule has 0 unspecified atom stereocenters. The summed E-state index contributed by atoms with van der Waals surface area (Å²) in [5, 5.41) is 1.69. The minimum Gasteiger partial charge on any atom is -0.406 e. The molecule has 2 aliphatic rings. The summed E-state index contributed by atoms with van der Waals surface area (Å²) in [7, 11) is -1.30. The molecule has 0 amide bonds. The van der Waals surface area contributed by atoms with Gasteiger partial charge >= 0.3 is 6.36 Å². The van der Waals surface area contributed by atoms with Crippen LogP contribution in [0.1, 0.15) is 76.2 Å². The van der Waals surface area contributed by atoms with Crippen molar-refractivity contribution < 1.29 is 17.9 Å². The lowest BCUT2D eigenvalue weighted by molar-refractivity contribution is -0.274. The Bertz CT molecular complexity index is 864. The van der Waals surface area contributed by atoms with E-state index in [4.69, 9.17) is 0 Å². The van der Waals surface area contributed by atoms with Gasteiger partial charge in [0.15, 0.2) is 0 Å². The van der Waals surface area contributed by atoms with Gasteiger partial charge in [-0.05, 0) is 61.1 Å². The zero-order valence-electron chi connectivity index (χ0n) is 20.5. The molecule has 0 bridgehead atoms. The van der Waals surface area contributed by atoms with Crippen LogP contribution in [0, 0.1) is 11.8 Å². The summed E-state index contributed by atoms with van der Waals surface area (Å²) < 4.78 is 41.1. The first-order chi connectivity index (χ1) is 16.4. The average molecular weight is 489 g/mol. The van der Waals surface area contributed by atoms with E-state index in [0.717, 1.165) is 30.2 Å². The van der Waals surface area contributed by atoms with E-state index in [-0.39, 0.29) is 5.75 Å². The quantitative estimate of drug-likeness (QED) is 0.337. The Kier molecular flexibility index (Phi) is 8.44. The third-order valence-corrected chi connectivity index (χ3v) is 14.1. The number of benzene rings is 2. The monoisotopic (exact) mass is 488 g/mol. The zero-order valence-corrected chi connectivity index (χ0v) is 21.5. The maximum atomic E-state index is 12.4. The predicted octanol–water partition coefficient (Wildman–Crippen LogP) is 8.82. The van der Waals surface area contributed by atoms with Crippen molar-refractivity contribution in [3.8, 4) is 5.75 Å². The van der Waals surface area contributed by atoms with Crippen molar-refractivity contribution in [3.05, 3.63) is 60.2 Å². The minimum atomic E-state index is -4.63. The van der Waals surface area contributed by atoms with E-state index in [1.54, 1.807) is 5.19 Å². The third kappa shape index (κ3) is 6.68. The summed E-state index contributed by atoms with van der Waals surface area (Å²) in [6.07, 6.45) is 7.05. The van der Waals surface area contributed by atoms with Crippen LogP contribution >= 0.6 is 0 Å². The molecular weight excluding hydrogens is 449 g/mol. The van der Waals surface area contributed by atoms with Gasteiger partial charge in [0.2, 0.25) is 0 Å². The topological polar surface area (TPSA) is 9.23 Å². The molecule has 0 radical (unpaired) electrons. The van der Waals surface area contributed by atoms with Crippen molar-refractivity contribution in [2.45, 2.75) is 95.1 Å². The van der Waals surface area contributed by atoms with Crippen LogP contribution in [0.4, 0.5) is 13.2 Å². The second-order valence-corrected chi connectivity index (χ2v) is 15.4. The zero-order chi connectivity index (χ0) is 24.0. The van der Waals surface area contributed by atoms with Crippen LogP contribution in [0.15, 0.2) is 54.6 Å². The van der Waals surface area contributed by atoms with Crippen molar-refractivity contribution in [1.29, 1.82) is 0 Å². The molecule has 1 saturated heterocycles. The summed E-state index contributed by atoms with van der Waals surface area (Å²) >= 11 is 0. The van der Waals surface area contributed by atoms with Crippen molar-refractivity contribution >= 4 is 13.3 Å². The summed E-state index contributed by atoms with van der Waals surface area (Å²) in [5.74, 6) is 2.06. The maximum Gasteiger partial charge on any atom is 0.573 e. The van der Waals surface area contributed by atoms with Crippen molar-refractivity contribution in [2.24, 2.45) is 11.8 Å². The number of halogens is 3. The molecule has 2 aromatic rings. The molecule has 2 fully saturated rings. The van der Waals surface area contributed by atoms with E-state index in [9.17, 15) is 13.2 Å². The lowest BCUT2D eigenvalue weighted by Crippen LogP contribution is -2.49. The lowest BCUT2D eigenvalue weighted by Gasteiger charge is -2.39. The molecule has 5 heteroatoms. The third-order valence-electron chi connectivity index (χ3n) is 8.59.